The van der Waals surface area contributed by atoms with Crippen LogP contribution >= 0.6 is 0 Å². The molecular weight excluding hydrogens is 438 g/mol. The molecule has 2 aromatic carbocycles. The fraction of sp³-hybridized carbons (Fsp3) is 0.333. The van der Waals surface area contributed by atoms with E-state index in [1.807, 2.05) is 62.1 Å². The first-order chi connectivity index (χ1) is 15.8. The molecule has 1 aromatic heterocycles. The summed E-state index contributed by atoms with van der Waals surface area (Å²) in [6, 6.07) is 15.2. The van der Waals surface area contributed by atoms with Crippen molar-refractivity contribution in [1.29, 1.82) is 0 Å². The van der Waals surface area contributed by atoms with Crippen LogP contribution in [-0.4, -0.2) is 56.0 Å². The summed E-state index contributed by atoms with van der Waals surface area (Å²) in [7, 11) is -2.18. The van der Waals surface area contributed by atoms with Crippen LogP contribution in [0.3, 0.4) is 0 Å². The fourth-order valence-electron chi connectivity index (χ4n) is 3.80. The van der Waals surface area contributed by atoms with Crippen molar-refractivity contribution < 1.29 is 13.2 Å². The standard InChI is InChI=1S/C24H29N5O3S/c1-17-5-8-20(9-6-17)26-23-16-19(3)25-24(27-23)28-11-13-29(14-12-28)33(30,31)22-15-18(2)7-10-21(22)32-4/h5-10,15-16H,11-14H2,1-4H3,(H,25,26,27). The van der Waals surface area contributed by atoms with Crippen LogP contribution in [0, 0.1) is 20.8 Å². The lowest BCUT2D eigenvalue weighted by molar-refractivity contribution is 0.372. The summed E-state index contributed by atoms with van der Waals surface area (Å²) in [6.07, 6.45) is 0. The second-order valence-corrected chi connectivity index (χ2v) is 10.1. The van der Waals surface area contributed by atoms with Crippen LogP contribution in [-0.2, 0) is 10.0 Å². The van der Waals surface area contributed by atoms with Crippen LogP contribution in [0.1, 0.15) is 16.8 Å². The van der Waals surface area contributed by atoms with Crippen LogP contribution < -0.4 is 15.0 Å². The number of nitrogens with zero attached hydrogens (tertiary/aromatic N) is 4. The predicted molar refractivity (Wildman–Crippen MR) is 130 cm³/mol. The highest BCUT2D eigenvalue weighted by Crippen LogP contribution is 2.29. The summed E-state index contributed by atoms with van der Waals surface area (Å²) >= 11 is 0. The van der Waals surface area contributed by atoms with Gasteiger partial charge in [0.25, 0.3) is 0 Å². The van der Waals surface area contributed by atoms with Gasteiger partial charge in [0.2, 0.25) is 16.0 Å². The smallest absolute Gasteiger partial charge is 0.246 e. The van der Waals surface area contributed by atoms with E-state index in [9.17, 15) is 8.42 Å². The monoisotopic (exact) mass is 467 g/mol. The van der Waals surface area contributed by atoms with E-state index in [4.69, 9.17) is 4.74 Å². The van der Waals surface area contributed by atoms with E-state index in [1.54, 1.807) is 12.1 Å². The molecule has 1 fully saturated rings. The van der Waals surface area contributed by atoms with E-state index >= 15 is 0 Å². The van der Waals surface area contributed by atoms with E-state index in [-0.39, 0.29) is 4.90 Å². The van der Waals surface area contributed by atoms with Gasteiger partial charge in [0.15, 0.2) is 0 Å². The quantitative estimate of drug-likeness (QED) is 0.592. The average Bonchev–Trinajstić information content (AvgIpc) is 2.80. The van der Waals surface area contributed by atoms with Crippen LogP contribution in [0.25, 0.3) is 0 Å². The van der Waals surface area contributed by atoms with E-state index < -0.39 is 10.0 Å². The van der Waals surface area contributed by atoms with Gasteiger partial charge in [-0.25, -0.2) is 13.4 Å². The molecule has 3 aromatic rings. The van der Waals surface area contributed by atoms with Crippen molar-refractivity contribution in [2.45, 2.75) is 25.7 Å². The SMILES string of the molecule is COc1ccc(C)cc1S(=O)(=O)N1CCN(c2nc(C)cc(Nc3ccc(C)cc3)n2)CC1. The molecule has 0 amide bonds. The number of anilines is 3. The van der Waals surface area contributed by atoms with E-state index in [0.717, 1.165) is 16.9 Å². The van der Waals surface area contributed by atoms with Crippen molar-refractivity contribution in [1.82, 2.24) is 14.3 Å². The third kappa shape index (κ3) is 5.09. The maximum absolute atomic E-state index is 13.3. The molecule has 0 atom stereocenters. The zero-order valence-corrected chi connectivity index (χ0v) is 20.2. The summed E-state index contributed by atoms with van der Waals surface area (Å²) < 4.78 is 33.4. The van der Waals surface area contributed by atoms with Gasteiger partial charge in [-0.15, -0.1) is 0 Å². The number of hydrogen-bond acceptors (Lipinski definition) is 7. The highest BCUT2D eigenvalue weighted by molar-refractivity contribution is 7.89. The van der Waals surface area contributed by atoms with Gasteiger partial charge in [0, 0.05) is 43.6 Å². The first kappa shape index (κ1) is 23.0. The van der Waals surface area contributed by atoms with Crippen molar-refractivity contribution in [3.05, 3.63) is 65.4 Å². The van der Waals surface area contributed by atoms with E-state index in [0.29, 0.717) is 43.7 Å². The van der Waals surface area contributed by atoms with Crippen molar-refractivity contribution in [2.24, 2.45) is 0 Å². The summed E-state index contributed by atoms with van der Waals surface area (Å²) in [4.78, 5) is 11.5. The highest BCUT2D eigenvalue weighted by atomic mass is 32.2. The Morgan fingerprint density at radius 2 is 1.55 bits per heavy atom. The largest absolute Gasteiger partial charge is 0.495 e. The van der Waals surface area contributed by atoms with Gasteiger partial charge in [0.05, 0.1) is 7.11 Å². The Hall–Kier alpha value is -3.17. The Kier molecular flexibility index (Phi) is 6.53. The number of hydrogen-bond donors (Lipinski definition) is 1. The molecular formula is C24H29N5O3S. The van der Waals surface area contributed by atoms with Crippen LogP contribution in [0.5, 0.6) is 5.75 Å². The van der Waals surface area contributed by atoms with Gasteiger partial charge in [-0.3, -0.25) is 0 Å². The number of ether oxygens (including phenoxy) is 1. The first-order valence-electron chi connectivity index (χ1n) is 10.9. The summed E-state index contributed by atoms with van der Waals surface area (Å²) in [5.41, 5.74) is 3.85. The minimum absolute atomic E-state index is 0.204. The Morgan fingerprint density at radius 1 is 0.879 bits per heavy atom. The zero-order valence-electron chi connectivity index (χ0n) is 19.4. The summed E-state index contributed by atoms with van der Waals surface area (Å²) in [5, 5.41) is 3.33. The molecule has 0 bridgehead atoms. The molecule has 0 unspecified atom stereocenters. The van der Waals surface area contributed by atoms with Crippen molar-refractivity contribution >= 4 is 27.5 Å². The molecule has 9 heteroatoms. The molecule has 0 spiro atoms. The van der Waals surface area contributed by atoms with Crippen LogP contribution in [0.2, 0.25) is 0 Å². The maximum Gasteiger partial charge on any atom is 0.246 e. The third-order valence-electron chi connectivity index (χ3n) is 5.62. The summed E-state index contributed by atoms with van der Waals surface area (Å²) in [6.45, 7) is 7.53. The Bertz CT molecular complexity index is 1240. The predicted octanol–water partition coefficient (Wildman–Crippen LogP) is 3.66. The van der Waals surface area contributed by atoms with Crippen molar-refractivity contribution in [3.63, 3.8) is 0 Å². The van der Waals surface area contributed by atoms with Crippen molar-refractivity contribution in [3.8, 4) is 5.75 Å². The summed E-state index contributed by atoms with van der Waals surface area (Å²) in [5.74, 6) is 1.66. The van der Waals surface area contributed by atoms with Gasteiger partial charge >= 0.3 is 0 Å². The Balaban J connectivity index is 1.49. The fourth-order valence-corrected chi connectivity index (χ4v) is 5.46. The zero-order chi connectivity index (χ0) is 23.6. The van der Waals surface area contributed by atoms with E-state index in [1.165, 1.54) is 17.0 Å². The topological polar surface area (TPSA) is 87.7 Å². The lowest BCUT2D eigenvalue weighted by atomic mass is 10.2. The van der Waals surface area contributed by atoms with Crippen LogP contribution in [0.4, 0.5) is 17.5 Å². The molecule has 1 aliphatic heterocycles. The number of aryl methyl sites for hydroxylation is 3. The molecule has 1 N–H and O–H groups in total. The number of benzene rings is 2. The number of piperazine rings is 1. The molecule has 8 nitrogen and oxygen atoms in total. The molecule has 4 rings (SSSR count). The number of aromatic nitrogens is 2. The van der Waals surface area contributed by atoms with Gasteiger partial charge in [-0.1, -0.05) is 23.8 Å². The van der Waals surface area contributed by atoms with Crippen LogP contribution in [0.15, 0.2) is 53.4 Å². The minimum Gasteiger partial charge on any atom is -0.495 e. The molecule has 1 aliphatic rings. The number of methoxy groups -OCH3 is 1. The Morgan fingerprint density at radius 3 is 2.21 bits per heavy atom. The molecule has 0 radical (unpaired) electrons. The lowest BCUT2D eigenvalue weighted by Gasteiger charge is -2.34. The molecule has 174 valence electrons. The second kappa shape index (κ2) is 9.36. The highest BCUT2D eigenvalue weighted by Gasteiger charge is 2.31. The average molecular weight is 468 g/mol. The molecule has 33 heavy (non-hydrogen) atoms. The maximum atomic E-state index is 13.3. The van der Waals surface area contributed by atoms with Crippen molar-refractivity contribution in [2.75, 3.05) is 43.5 Å². The lowest BCUT2D eigenvalue weighted by Crippen LogP contribution is -2.49. The third-order valence-corrected chi connectivity index (χ3v) is 7.54. The Labute approximate surface area is 195 Å². The van der Waals surface area contributed by atoms with Gasteiger partial charge in [-0.05, 0) is 50.6 Å². The molecule has 2 heterocycles. The number of nitrogens with one attached hydrogen (secondary N) is 1. The van der Waals surface area contributed by atoms with Gasteiger partial charge in [-0.2, -0.15) is 9.29 Å². The molecule has 0 saturated carbocycles. The molecule has 1 saturated heterocycles. The van der Waals surface area contributed by atoms with E-state index in [2.05, 4.69) is 15.3 Å². The van der Waals surface area contributed by atoms with Gasteiger partial charge < -0.3 is 15.0 Å². The normalized spacial score (nSPS) is 14.8. The van der Waals surface area contributed by atoms with Gasteiger partial charge in [0.1, 0.15) is 16.5 Å². The molecule has 0 aliphatic carbocycles. The minimum atomic E-state index is -3.66. The number of sulfonamides is 1. The number of rotatable bonds is 6. The second-order valence-electron chi connectivity index (χ2n) is 8.23. The first-order valence-corrected chi connectivity index (χ1v) is 12.3.